The topological polar surface area (TPSA) is 48.0 Å². The van der Waals surface area contributed by atoms with Crippen LogP contribution in [-0.4, -0.2) is 49.8 Å². The van der Waals surface area contributed by atoms with E-state index in [2.05, 4.69) is 6.92 Å². The fourth-order valence-corrected chi connectivity index (χ4v) is 3.56. The summed E-state index contributed by atoms with van der Waals surface area (Å²) in [5, 5.41) is 0. The largest absolute Gasteiger partial charge is 0.493 e. The van der Waals surface area contributed by atoms with Gasteiger partial charge in [-0.05, 0) is 31.4 Å². The Kier molecular flexibility index (Phi) is 7.18. The molecule has 0 saturated carbocycles. The highest BCUT2D eigenvalue weighted by atomic mass is 16.5. The van der Waals surface area contributed by atoms with E-state index in [1.54, 1.807) is 0 Å². The maximum atomic E-state index is 12.6. The van der Waals surface area contributed by atoms with Crippen LogP contribution in [0, 0.1) is 5.92 Å². The normalized spacial score (nSPS) is 19.3. The average molecular weight is 361 g/mol. The van der Waals surface area contributed by atoms with E-state index in [0.29, 0.717) is 19.1 Å². The summed E-state index contributed by atoms with van der Waals surface area (Å²) in [4.78, 5) is 14.6. The van der Waals surface area contributed by atoms with Gasteiger partial charge in [-0.1, -0.05) is 19.4 Å². The quantitative estimate of drug-likeness (QED) is 0.696. The molecule has 1 amide bonds. The molecular formula is C21H31NO4. The lowest BCUT2D eigenvalue weighted by Crippen LogP contribution is -2.45. The van der Waals surface area contributed by atoms with Gasteiger partial charge >= 0.3 is 0 Å². The second-order valence-electron chi connectivity index (χ2n) is 7.21. The van der Waals surface area contributed by atoms with Gasteiger partial charge in [-0.2, -0.15) is 0 Å². The molecule has 0 N–H and O–H groups in total. The monoisotopic (exact) mass is 361 g/mol. The van der Waals surface area contributed by atoms with Crippen LogP contribution < -0.4 is 9.47 Å². The SMILES string of the molecule is CCCCOc1cccc(OC2CCN(C(=O)C3CCOCC3)CC2)c1. The van der Waals surface area contributed by atoms with Crippen molar-refractivity contribution < 1.29 is 19.0 Å². The molecule has 1 aromatic carbocycles. The fraction of sp³-hybridized carbons (Fsp3) is 0.667. The molecule has 0 aliphatic carbocycles. The summed E-state index contributed by atoms with van der Waals surface area (Å²) in [6.45, 7) is 5.90. The number of carbonyl (C=O) groups is 1. The highest BCUT2D eigenvalue weighted by Crippen LogP contribution is 2.25. The van der Waals surface area contributed by atoms with Crippen molar-refractivity contribution in [2.75, 3.05) is 32.9 Å². The van der Waals surface area contributed by atoms with Gasteiger partial charge in [0, 0.05) is 51.1 Å². The zero-order chi connectivity index (χ0) is 18.2. The number of piperidine rings is 1. The minimum atomic E-state index is 0.151. The first-order valence-electron chi connectivity index (χ1n) is 10.0. The van der Waals surface area contributed by atoms with Crippen molar-refractivity contribution in [1.82, 2.24) is 4.90 Å². The summed E-state index contributed by atoms with van der Waals surface area (Å²) in [5.41, 5.74) is 0. The Morgan fingerprint density at radius 2 is 1.88 bits per heavy atom. The van der Waals surface area contributed by atoms with Gasteiger partial charge in [0.15, 0.2) is 0 Å². The highest BCUT2D eigenvalue weighted by molar-refractivity contribution is 5.79. The Hall–Kier alpha value is -1.75. The van der Waals surface area contributed by atoms with Crippen LogP contribution in [-0.2, 0) is 9.53 Å². The van der Waals surface area contributed by atoms with E-state index in [0.717, 1.165) is 69.7 Å². The molecule has 26 heavy (non-hydrogen) atoms. The van der Waals surface area contributed by atoms with Crippen molar-refractivity contribution >= 4 is 5.91 Å². The molecule has 1 aromatic rings. The number of unbranched alkanes of at least 4 members (excludes halogenated alkanes) is 1. The molecule has 144 valence electrons. The van der Waals surface area contributed by atoms with Crippen LogP contribution >= 0.6 is 0 Å². The predicted molar refractivity (Wildman–Crippen MR) is 101 cm³/mol. The maximum Gasteiger partial charge on any atom is 0.225 e. The number of hydrogen-bond donors (Lipinski definition) is 0. The number of benzene rings is 1. The van der Waals surface area contributed by atoms with Crippen LogP contribution in [0.5, 0.6) is 11.5 Å². The number of rotatable bonds is 7. The van der Waals surface area contributed by atoms with Gasteiger partial charge in [0.2, 0.25) is 5.91 Å². The van der Waals surface area contributed by atoms with Crippen molar-refractivity contribution in [1.29, 1.82) is 0 Å². The first-order valence-corrected chi connectivity index (χ1v) is 10.0. The molecule has 5 heteroatoms. The molecular weight excluding hydrogens is 330 g/mol. The number of carbonyl (C=O) groups excluding carboxylic acids is 1. The molecule has 0 bridgehead atoms. The van der Waals surface area contributed by atoms with Gasteiger partial charge in [-0.25, -0.2) is 0 Å². The molecule has 0 radical (unpaired) electrons. The zero-order valence-electron chi connectivity index (χ0n) is 15.8. The van der Waals surface area contributed by atoms with Gasteiger partial charge in [-0.3, -0.25) is 4.79 Å². The minimum Gasteiger partial charge on any atom is -0.493 e. The summed E-state index contributed by atoms with van der Waals surface area (Å²) >= 11 is 0. The van der Waals surface area contributed by atoms with Crippen molar-refractivity contribution in [2.45, 2.75) is 51.6 Å². The molecule has 2 aliphatic heterocycles. The molecule has 5 nitrogen and oxygen atoms in total. The van der Waals surface area contributed by atoms with Crippen LogP contribution in [0.2, 0.25) is 0 Å². The van der Waals surface area contributed by atoms with Crippen molar-refractivity contribution in [3.05, 3.63) is 24.3 Å². The van der Waals surface area contributed by atoms with Gasteiger partial charge in [0.25, 0.3) is 0 Å². The maximum absolute atomic E-state index is 12.6. The number of nitrogens with zero attached hydrogens (tertiary/aromatic N) is 1. The molecule has 2 fully saturated rings. The van der Waals surface area contributed by atoms with E-state index >= 15 is 0 Å². The van der Waals surface area contributed by atoms with Gasteiger partial charge in [0.05, 0.1) is 6.61 Å². The lowest BCUT2D eigenvalue weighted by Gasteiger charge is -2.35. The average Bonchev–Trinajstić information content (AvgIpc) is 2.69. The van der Waals surface area contributed by atoms with Crippen LogP contribution in [0.25, 0.3) is 0 Å². The van der Waals surface area contributed by atoms with E-state index < -0.39 is 0 Å². The standard InChI is InChI=1S/C21H31NO4/c1-2-3-13-25-19-5-4-6-20(16-19)26-18-7-11-22(12-8-18)21(23)17-9-14-24-15-10-17/h4-6,16-18H,2-3,7-15H2,1H3. The molecule has 2 aliphatic rings. The number of likely N-dealkylation sites (tertiary alicyclic amines) is 1. The lowest BCUT2D eigenvalue weighted by molar-refractivity contribution is -0.140. The van der Waals surface area contributed by atoms with Crippen molar-refractivity contribution in [2.24, 2.45) is 5.92 Å². The van der Waals surface area contributed by atoms with Crippen LogP contribution in [0.1, 0.15) is 45.4 Å². The zero-order valence-corrected chi connectivity index (χ0v) is 15.8. The van der Waals surface area contributed by atoms with Crippen LogP contribution in [0.15, 0.2) is 24.3 Å². The number of amides is 1. The molecule has 2 saturated heterocycles. The molecule has 0 atom stereocenters. The molecule has 0 unspecified atom stereocenters. The molecule has 2 heterocycles. The fourth-order valence-electron chi connectivity index (χ4n) is 3.56. The van der Waals surface area contributed by atoms with Gasteiger partial charge in [0.1, 0.15) is 17.6 Å². The third kappa shape index (κ3) is 5.37. The summed E-state index contributed by atoms with van der Waals surface area (Å²) in [6, 6.07) is 7.89. The molecule has 0 spiro atoms. The van der Waals surface area contributed by atoms with Crippen LogP contribution in [0.3, 0.4) is 0 Å². The Balaban J connectivity index is 1.45. The Morgan fingerprint density at radius 1 is 1.15 bits per heavy atom. The lowest BCUT2D eigenvalue weighted by atomic mass is 9.97. The van der Waals surface area contributed by atoms with Gasteiger partial charge in [-0.15, -0.1) is 0 Å². The van der Waals surface area contributed by atoms with E-state index in [1.807, 2.05) is 29.2 Å². The Bertz CT molecular complexity index is 563. The predicted octanol–water partition coefficient (Wildman–Crippen LogP) is 3.66. The second kappa shape index (κ2) is 9.81. The summed E-state index contributed by atoms with van der Waals surface area (Å²) < 4.78 is 17.2. The molecule has 0 aromatic heterocycles. The first-order chi connectivity index (χ1) is 12.8. The smallest absolute Gasteiger partial charge is 0.225 e. The van der Waals surface area contributed by atoms with E-state index in [1.165, 1.54) is 0 Å². The molecule has 3 rings (SSSR count). The van der Waals surface area contributed by atoms with Crippen molar-refractivity contribution in [3.63, 3.8) is 0 Å². The highest BCUT2D eigenvalue weighted by Gasteiger charge is 2.30. The van der Waals surface area contributed by atoms with E-state index in [-0.39, 0.29) is 12.0 Å². The third-order valence-corrected chi connectivity index (χ3v) is 5.20. The summed E-state index contributed by atoms with van der Waals surface area (Å²) in [7, 11) is 0. The van der Waals surface area contributed by atoms with E-state index in [4.69, 9.17) is 14.2 Å². The minimum absolute atomic E-state index is 0.151. The van der Waals surface area contributed by atoms with Crippen LogP contribution in [0.4, 0.5) is 0 Å². The first kappa shape index (κ1) is 19.0. The number of ether oxygens (including phenoxy) is 3. The summed E-state index contributed by atoms with van der Waals surface area (Å²) in [5.74, 6) is 2.17. The van der Waals surface area contributed by atoms with Gasteiger partial charge < -0.3 is 19.1 Å². The Labute approximate surface area is 156 Å². The summed E-state index contributed by atoms with van der Waals surface area (Å²) in [6.07, 6.45) is 5.84. The Morgan fingerprint density at radius 3 is 2.62 bits per heavy atom. The third-order valence-electron chi connectivity index (χ3n) is 5.20. The van der Waals surface area contributed by atoms with E-state index in [9.17, 15) is 4.79 Å². The van der Waals surface area contributed by atoms with Crippen molar-refractivity contribution in [3.8, 4) is 11.5 Å². The number of hydrogen-bond acceptors (Lipinski definition) is 4. The second-order valence-corrected chi connectivity index (χ2v) is 7.21.